The van der Waals surface area contributed by atoms with Crippen molar-refractivity contribution in [2.45, 2.75) is 38.8 Å². The van der Waals surface area contributed by atoms with E-state index in [1.165, 1.54) is 12.3 Å². The Morgan fingerprint density at radius 2 is 2.08 bits per heavy atom. The molecule has 0 saturated carbocycles. The van der Waals surface area contributed by atoms with Crippen LogP contribution < -0.4 is 10.1 Å². The topological polar surface area (TPSA) is 91.4 Å². The highest BCUT2D eigenvalue weighted by molar-refractivity contribution is 5.75. The van der Waals surface area contributed by atoms with Crippen molar-refractivity contribution in [3.05, 3.63) is 59.6 Å². The lowest BCUT2D eigenvalue weighted by Crippen LogP contribution is -2.30. The summed E-state index contributed by atoms with van der Waals surface area (Å²) in [6.07, 6.45) is 6.25. The lowest BCUT2D eigenvalue weighted by molar-refractivity contribution is 0.0791. The number of methoxy groups -OCH3 is 1. The molecule has 0 radical (unpaired) electrons. The summed E-state index contributed by atoms with van der Waals surface area (Å²) < 4.78 is 29.1. The number of ether oxygens (including phenoxy) is 2. The first-order valence-corrected chi connectivity index (χ1v) is 11.9. The number of pyridine rings is 2. The van der Waals surface area contributed by atoms with Crippen molar-refractivity contribution in [1.29, 1.82) is 0 Å². The van der Waals surface area contributed by atoms with Crippen LogP contribution in [0, 0.1) is 24.6 Å². The van der Waals surface area contributed by atoms with Crippen molar-refractivity contribution in [2.75, 3.05) is 26.8 Å². The molecule has 1 atom stereocenters. The minimum atomic E-state index is -0.571. The van der Waals surface area contributed by atoms with E-state index in [0.29, 0.717) is 17.5 Å². The average Bonchev–Trinajstić information content (AvgIpc) is 3.48. The molecule has 0 aromatic carbocycles. The van der Waals surface area contributed by atoms with Gasteiger partial charge in [0, 0.05) is 18.9 Å². The highest BCUT2D eigenvalue weighted by atomic mass is 19.1. The summed E-state index contributed by atoms with van der Waals surface area (Å²) in [5, 5.41) is 16.9. The number of nitrogens with one attached hydrogen (secondary N) is 1. The normalized spacial score (nSPS) is 15.0. The van der Waals surface area contributed by atoms with Crippen molar-refractivity contribution < 1.29 is 13.9 Å². The molecular formula is C26H28FN7O2. The van der Waals surface area contributed by atoms with E-state index in [-0.39, 0.29) is 6.61 Å². The van der Waals surface area contributed by atoms with Gasteiger partial charge in [0.1, 0.15) is 22.8 Å². The molecular weight excluding hydrogens is 461 g/mol. The van der Waals surface area contributed by atoms with E-state index in [1.807, 2.05) is 23.9 Å². The van der Waals surface area contributed by atoms with Crippen LogP contribution in [0.4, 0.5) is 4.39 Å². The highest BCUT2D eigenvalue weighted by Gasteiger charge is 2.24. The Balaban J connectivity index is 1.59. The monoisotopic (exact) mass is 489 g/mol. The summed E-state index contributed by atoms with van der Waals surface area (Å²) in [6, 6.07) is 5.19. The van der Waals surface area contributed by atoms with Crippen molar-refractivity contribution in [2.24, 2.45) is 0 Å². The lowest BCUT2D eigenvalue weighted by Gasteiger charge is -2.23. The van der Waals surface area contributed by atoms with Crippen LogP contribution in [0.15, 0.2) is 36.8 Å². The minimum Gasteiger partial charge on any atom is -0.479 e. The van der Waals surface area contributed by atoms with Gasteiger partial charge in [-0.25, -0.2) is 13.6 Å². The molecule has 0 spiro atoms. The largest absolute Gasteiger partial charge is 0.479 e. The average molecular weight is 490 g/mol. The Kier molecular flexibility index (Phi) is 6.93. The number of aromatic nitrogens is 6. The van der Waals surface area contributed by atoms with Crippen LogP contribution in [0.25, 0.3) is 16.8 Å². The molecule has 5 rings (SSSR count). The smallest absolute Gasteiger partial charge is 0.164 e. The molecule has 0 aliphatic carbocycles. The predicted molar refractivity (Wildman–Crippen MR) is 132 cm³/mol. The third-order valence-corrected chi connectivity index (χ3v) is 6.36. The quantitative estimate of drug-likeness (QED) is 0.397. The molecule has 186 valence electrons. The summed E-state index contributed by atoms with van der Waals surface area (Å²) in [5.41, 5.74) is 4.58. The fourth-order valence-electron chi connectivity index (χ4n) is 4.60. The first-order chi connectivity index (χ1) is 17.6. The van der Waals surface area contributed by atoms with Crippen LogP contribution in [0.5, 0.6) is 5.75 Å². The van der Waals surface area contributed by atoms with Gasteiger partial charge in [0.15, 0.2) is 6.10 Å². The fraction of sp³-hybridized carbons (Fsp3) is 0.385. The van der Waals surface area contributed by atoms with E-state index in [4.69, 9.17) is 9.47 Å². The minimum absolute atomic E-state index is 0.225. The summed E-state index contributed by atoms with van der Waals surface area (Å²) in [4.78, 5) is 4.21. The second-order valence-corrected chi connectivity index (χ2v) is 8.73. The van der Waals surface area contributed by atoms with Gasteiger partial charge in [-0.3, -0.25) is 4.98 Å². The number of hydrogen-bond acceptors (Lipinski definition) is 7. The molecule has 0 bridgehead atoms. The highest BCUT2D eigenvalue weighted by Crippen LogP contribution is 2.34. The Morgan fingerprint density at radius 3 is 2.81 bits per heavy atom. The van der Waals surface area contributed by atoms with Crippen LogP contribution >= 0.6 is 0 Å². The van der Waals surface area contributed by atoms with Crippen LogP contribution in [0.3, 0.4) is 0 Å². The number of halogens is 1. The van der Waals surface area contributed by atoms with E-state index in [2.05, 4.69) is 37.6 Å². The molecule has 10 heteroatoms. The molecule has 4 aromatic heterocycles. The van der Waals surface area contributed by atoms with Gasteiger partial charge in [-0.1, -0.05) is 11.1 Å². The molecule has 9 nitrogen and oxygen atoms in total. The van der Waals surface area contributed by atoms with Crippen molar-refractivity contribution in [3.63, 3.8) is 0 Å². The van der Waals surface area contributed by atoms with Gasteiger partial charge < -0.3 is 14.8 Å². The van der Waals surface area contributed by atoms with Gasteiger partial charge >= 0.3 is 0 Å². The zero-order chi connectivity index (χ0) is 25.1. The number of rotatable bonds is 7. The SMILES string of the molecule is CC#Cc1cnn2cc(-c3nnn(C4CCNCC4)c3C)cc(OC(COC)c3ccc(F)cn3)c12. The lowest BCUT2D eigenvalue weighted by atomic mass is 10.1. The molecule has 1 aliphatic heterocycles. The van der Waals surface area contributed by atoms with E-state index < -0.39 is 11.9 Å². The zero-order valence-electron chi connectivity index (χ0n) is 20.5. The van der Waals surface area contributed by atoms with E-state index >= 15 is 0 Å². The fourth-order valence-corrected chi connectivity index (χ4v) is 4.60. The maximum Gasteiger partial charge on any atom is 0.164 e. The van der Waals surface area contributed by atoms with E-state index in [9.17, 15) is 4.39 Å². The van der Waals surface area contributed by atoms with Gasteiger partial charge in [0.05, 0.1) is 42.0 Å². The van der Waals surface area contributed by atoms with Gasteiger partial charge in [0.25, 0.3) is 0 Å². The Labute approximate surface area is 208 Å². The van der Waals surface area contributed by atoms with Crippen LogP contribution in [0.2, 0.25) is 0 Å². The summed E-state index contributed by atoms with van der Waals surface area (Å²) in [6.45, 7) is 5.97. The summed E-state index contributed by atoms with van der Waals surface area (Å²) in [7, 11) is 1.58. The third-order valence-electron chi connectivity index (χ3n) is 6.36. The number of piperidine rings is 1. The summed E-state index contributed by atoms with van der Waals surface area (Å²) in [5.74, 6) is 6.16. The number of hydrogen-bond donors (Lipinski definition) is 1. The molecule has 1 N–H and O–H groups in total. The van der Waals surface area contributed by atoms with Gasteiger partial charge in [0.2, 0.25) is 0 Å². The van der Waals surface area contributed by atoms with E-state index in [0.717, 1.165) is 54.0 Å². The van der Waals surface area contributed by atoms with Gasteiger partial charge in [-0.05, 0) is 58.0 Å². The second-order valence-electron chi connectivity index (χ2n) is 8.73. The number of fused-ring (bicyclic) bond motifs is 1. The van der Waals surface area contributed by atoms with Crippen molar-refractivity contribution in [3.8, 4) is 28.8 Å². The molecule has 4 aromatic rings. The standard InChI is InChI=1S/C26H28FN7O2/c1-4-5-18-13-30-33-15-19(25-17(2)34(32-31-25)21-8-10-28-11-9-21)12-23(26(18)33)36-24(16-35-3)22-7-6-20(27)14-29-22/h6-7,12-15,21,24,28H,8-11,16H2,1-3H3. The zero-order valence-corrected chi connectivity index (χ0v) is 20.5. The molecule has 36 heavy (non-hydrogen) atoms. The van der Waals surface area contributed by atoms with Gasteiger partial charge in [-0.2, -0.15) is 5.10 Å². The van der Waals surface area contributed by atoms with Crippen molar-refractivity contribution >= 4 is 5.52 Å². The molecule has 1 unspecified atom stereocenters. The Morgan fingerprint density at radius 1 is 1.25 bits per heavy atom. The van der Waals surface area contributed by atoms with Crippen LogP contribution in [0.1, 0.15) is 48.9 Å². The van der Waals surface area contributed by atoms with Crippen LogP contribution in [-0.4, -0.2) is 56.4 Å². The Bertz CT molecular complexity index is 1410. The second kappa shape index (κ2) is 10.4. The van der Waals surface area contributed by atoms with Crippen molar-refractivity contribution in [1.82, 2.24) is 34.9 Å². The first-order valence-electron chi connectivity index (χ1n) is 11.9. The molecule has 1 saturated heterocycles. The molecule has 1 aliphatic rings. The third kappa shape index (κ3) is 4.67. The Hall–Kier alpha value is -3.81. The molecule has 5 heterocycles. The first kappa shape index (κ1) is 23.9. The maximum absolute atomic E-state index is 13.5. The molecule has 0 amide bonds. The molecule has 1 fully saturated rings. The van der Waals surface area contributed by atoms with Crippen LogP contribution in [-0.2, 0) is 4.74 Å². The maximum atomic E-state index is 13.5. The number of nitrogens with zero attached hydrogens (tertiary/aromatic N) is 6. The van der Waals surface area contributed by atoms with E-state index in [1.54, 1.807) is 30.8 Å². The summed E-state index contributed by atoms with van der Waals surface area (Å²) >= 11 is 0. The van der Waals surface area contributed by atoms with Gasteiger partial charge in [-0.15, -0.1) is 11.0 Å². The predicted octanol–water partition coefficient (Wildman–Crippen LogP) is 3.50.